The van der Waals surface area contributed by atoms with Crippen molar-refractivity contribution in [3.05, 3.63) is 74.6 Å². The lowest BCUT2D eigenvalue weighted by molar-refractivity contribution is 0.102. The van der Waals surface area contributed by atoms with E-state index in [0.717, 1.165) is 31.7 Å². The summed E-state index contributed by atoms with van der Waals surface area (Å²) in [6.07, 6.45) is 0.867. The summed E-state index contributed by atoms with van der Waals surface area (Å²) in [6, 6.07) is 13.1. The van der Waals surface area contributed by atoms with Crippen LogP contribution in [0.3, 0.4) is 0 Å². The number of carbonyl (C=O) groups excluding carboxylic acids is 1. The first-order valence-corrected chi connectivity index (χ1v) is 9.11. The molecule has 2 aromatic heterocycles. The molecule has 4 rings (SSSR count). The van der Waals surface area contributed by atoms with Gasteiger partial charge in [-0.1, -0.05) is 30.3 Å². The Morgan fingerprint density at radius 3 is 2.85 bits per heavy atom. The summed E-state index contributed by atoms with van der Waals surface area (Å²) < 4.78 is 0. The normalized spacial score (nSPS) is 14.0. The van der Waals surface area contributed by atoms with Crippen molar-refractivity contribution in [1.82, 2.24) is 20.1 Å². The molecule has 0 bridgehead atoms. The summed E-state index contributed by atoms with van der Waals surface area (Å²) in [4.78, 5) is 31.3. The highest BCUT2D eigenvalue weighted by molar-refractivity contribution is 7.15. The van der Waals surface area contributed by atoms with Gasteiger partial charge < -0.3 is 0 Å². The molecule has 26 heavy (non-hydrogen) atoms. The Hall–Kier alpha value is -2.84. The molecule has 132 valence electrons. The first-order chi connectivity index (χ1) is 12.7. The van der Waals surface area contributed by atoms with Crippen LogP contribution in [0.15, 0.2) is 47.3 Å². The summed E-state index contributed by atoms with van der Waals surface area (Å²) >= 11 is 1.49. The molecule has 1 aliphatic rings. The van der Waals surface area contributed by atoms with Crippen molar-refractivity contribution in [2.75, 3.05) is 11.9 Å². The van der Waals surface area contributed by atoms with E-state index in [2.05, 4.69) is 49.7 Å². The summed E-state index contributed by atoms with van der Waals surface area (Å²) in [5.41, 5.74) is 2.15. The number of aromatic amines is 1. The van der Waals surface area contributed by atoms with E-state index in [1.54, 1.807) is 0 Å². The van der Waals surface area contributed by atoms with Crippen LogP contribution < -0.4 is 10.9 Å². The molecule has 3 heterocycles. The predicted molar refractivity (Wildman–Crippen MR) is 99.2 cm³/mol. The molecular formula is C18H17N5O2S. The molecule has 0 saturated carbocycles. The molecule has 0 unspecified atom stereocenters. The maximum absolute atomic E-state index is 12.2. The molecule has 7 nitrogen and oxygen atoms in total. The van der Waals surface area contributed by atoms with Crippen molar-refractivity contribution in [3.8, 4) is 0 Å². The predicted octanol–water partition coefficient (Wildman–Crippen LogP) is 2.04. The third kappa shape index (κ3) is 3.71. The second-order valence-electron chi connectivity index (χ2n) is 6.10. The molecule has 1 amide bonds. The van der Waals surface area contributed by atoms with Gasteiger partial charge >= 0.3 is 0 Å². The fraction of sp³-hybridized carbons (Fsp3) is 0.222. The van der Waals surface area contributed by atoms with Crippen LogP contribution in [0.25, 0.3) is 0 Å². The number of fused-ring (bicyclic) bond motifs is 1. The van der Waals surface area contributed by atoms with Crippen molar-refractivity contribution in [3.63, 3.8) is 0 Å². The van der Waals surface area contributed by atoms with E-state index >= 15 is 0 Å². The van der Waals surface area contributed by atoms with E-state index in [4.69, 9.17) is 0 Å². The monoisotopic (exact) mass is 367 g/mol. The van der Waals surface area contributed by atoms with Gasteiger partial charge in [0.15, 0.2) is 5.13 Å². The zero-order chi connectivity index (χ0) is 17.9. The number of thiazole rings is 1. The average molecular weight is 367 g/mol. The van der Waals surface area contributed by atoms with Crippen molar-refractivity contribution >= 4 is 22.4 Å². The van der Waals surface area contributed by atoms with Gasteiger partial charge in [0.25, 0.3) is 11.5 Å². The number of carbonyl (C=O) groups is 1. The summed E-state index contributed by atoms with van der Waals surface area (Å²) in [7, 11) is 0. The first kappa shape index (κ1) is 16.6. The lowest BCUT2D eigenvalue weighted by Gasteiger charge is -2.25. The zero-order valence-corrected chi connectivity index (χ0v) is 14.8. The van der Waals surface area contributed by atoms with Crippen LogP contribution in [-0.4, -0.2) is 32.5 Å². The fourth-order valence-electron chi connectivity index (χ4n) is 2.91. The topological polar surface area (TPSA) is 91.0 Å². The molecular weight excluding hydrogens is 350 g/mol. The van der Waals surface area contributed by atoms with Gasteiger partial charge in [-0.15, -0.1) is 11.3 Å². The minimum atomic E-state index is -0.381. The Morgan fingerprint density at radius 1 is 1.23 bits per heavy atom. The molecule has 0 spiro atoms. The maximum atomic E-state index is 12.2. The number of rotatable bonds is 4. The molecule has 1 aliphatic heterocycles. The minimum absolute atomic E-state index is 0.156. The smallest absolute Gasteiger partial charge is 0.277 e. The number of amides is 1. The van der Waals surface area contributed by atoms with Crippen molar-refractivity contribution in [2.45, 2.75) is 19.5 Å². The fourth-order valence-corrected chi connectivity index (χ4v) is 3.96. The van der Waals surface area contributed by atoms with E-state index in [-0.39, 0.29) is 17.2 Å². The third-order valence-corrected chi connectivity index (χ3v) is 5.19. The van der Waals surface area contributed by atoms with E-state index in [9.17, 15) is 9.59 Å². The van der Waals surface area contributed by atoms with Crippen molar-refractivity contribution in [1.29, 1.82) is 0 Å². The molecule has 0 fully saturated rings. The van der Waals surface area contributed by atoms with Crippen LogP contribution in [0.1, 0.15) is 26.6 Å². The highest BCUT2D eigenvalue weighted by Crippen LogP contribution is 2.29. The molecule has 0 saturated heterocycles. The Kier molecular flexibility index (Phi) is 4.59. The van der Waals surface area contributed by atoms with Crippen LogP contribution in [0.5, 0.6) is 0 Å². The van der Waals surface area contributed by atoms with Crippen molar-refractivity contribution in [2.24, 2.45) is 0 Å². The second-order valence-corrected chi connectivity index (χ2v) is 7.18. The number of nitrogens with one attached hydrogen (secondary N) is 2. The Morgan fingerprint density at radius 2 is 2.08 bits per heavy atom. The van der Waals surface area contributed by atoms with E-state index < -0.39 is 0 Å². The average Bonchev–Trinajstić information content (AvgIpc) is 3.04. The third-order valence-electron chi connectivity index (χ3n) is 4.19. The lowest BCUT2D eigenvalue weighted by atomic mass is 10.1. The molecule has 0 radical (unpaired) electrons. The summed E-state index contributed by atoms with van der Waals surface area (Å²) in [6.45, 7) is 2.68. The molecule has 1 aromatic carbocycles. The summed E-state index contributed by atoms with van der Waals surface area (Å²) in [5.74, 6) is -0.381. The van der Waals surface area contributed by atoms with Crippen LogP contribution in [0, 0.1) is 0 Å². The number of hydrogen-bond acceptors (Lipinski definition) is 6. The molecule has 3 aromatic rings. The van der Waals surface area contributed by atoms with Crippen LogP contribution in [0.2, 0.25) is 0 Å². The Balaban J connectivity index is 1.43. The molecule has 0 aliphatic carbocycles. The van der Waals surface area contributed by atoms with Gasteiger partial charge in [-0.25, -0.2) is 10.1 Å². The number of benzene rings is 1. The van der Waals surface area contributed by atoms with Gasteiger partial charge in [-0.2, -0.15) is 5.10 Å². The quantitative estimate of drug-likeness (QED) is 0.736. The number of nitrogens with zero attached hydrogens (tertiary/aromatic N) is 3. The highest BCUT2D eigenvalue weighted by Gasteiger charge is 2.22. The van der Waals surface area contributed by atoms with Gasteiger partial charge in [0, 0.05) is 37.0 Å². The lowest BCUT2D eigenvalue weighted by Crippen LogP contribution is -2.29. The second kappa shape index (κ2) is 7.19. The van der Waals surface area contributed by atoms with Gasteiger partial charge in [0.05, 0.1) is 5.69 Å². The Labute approximate surface area is 153 Å². The SMILES string of the molecule is O=C(Nc1nc2c(s1)CN(Cc1ccccc1)CC2)c1ccc(=O)[nH]n1. The largest absolute Gasteiger partial charge is 0.296 e. The zero-order valence-electron chi connectivity index (χ0n) is 13.9. The summed E-state index contributed by atoms with van der Waals surface area (Å²) in [5, 5.41) is 9.32. The maximum Gasteiger partial charge on any atom is 0.277 e. The first-order valence-electron chi connectivity index (χ1n) is 8.29. The molecule has 0 atom stereocenters. The standard InChI is InChI=1S/C18H17N5O2S/c24-16-7-6-14(21-22-16)17(25)20-18-19-13-8-9-23(11-15(13)26-18)10-12-4-2-1-3-5-12/h1-7H,8-11H2,(H,22,24)(H,19,20,25). The number of hydrogen-bond donors (Lipinski definition) is 2. The number of H-pyrrole nitrogens is 1. The van der Waals surface area contributed by atoms with E-state index in [1.807, 2.05) is 6.07 Å². The van der Waals surface area contributed by atoms with Crippen LogP contribution >= 0.6 is 11.3 Å². The molecule has 2 N–H and O–H groups in total. The minimum Gasteiger partial charge on any atom is -0.296 e. The number of anilines is 1. The Bertz CT molecular complexity index is 962. The van der Waals surface area contributed by atoms with Crippen LogP contribution in [0.4, 0.5) is 5.13 Å². The van der Waals surface area contributed by atoms with Gasteiger partial charge in [-0.3, -0.25) is 19.8 Å². The van der Waals surface area contributed by atoms with Crippen molar-refractivity contribution < 1.29 is 4.79 Å². The highest BCUT2D eigenvalue weighted by atomic mass is 32.1. The molecule has 8 heteroatoms. The van der Waals surface area contributed by atoms with E-state index in [0.29, 0.717) is 5.13 Å². The number of aromatic nitrogens is 3. The van der Waals surface area contributed by atoms with Crippen LogP contribution in [-0.2, 0) is 19.5 Å². The van der Waals surface area contributed by atoms with Gasteiger partial charge in [0.1, 0.15) is 5.69 Å². The van der Waals surface area contributed by atoms with E-state index in [1.165, 1.54) is 33.9 Å². The van der Waals surface area contributed by atoms with Gasteiger partial charge in [0.2, 0.25) is 0 Å². The van der Waals surface area contributed by atoms with Gasteiger partial charge in [-0.05, 0) is 11.6 Å².